The van der Waals surface area contributed by atoms with Gasteiger partial charge in [0, 0.05) is 0 Å². The van der Waals surface area contributed by atoms with Gasteiger partial charge in [-0.05, 0) is 30.5 Å². The van der Waals surface area contributed by atoms with Crippen LogP contribution in [0.2, 0.25) is 0 Å². The van der Waals surface area contributed by atoms with E-state index in [-0.39, 0.29) is 11.8 Å². The second-order valence-electron chi connectivity index (χ2n) is 5.89. The Labute approximate surface area is 127 Å². The molecule has 0 saturated carbocycles. The number of amides is 2. The fourth-order valence-electron chi connectivity index (χ4n) is 2.83. The van der Waals surface area contributed by atoms with E-state index in [4.69, 9.17) is 0 Å². The highest BCUT2D eigenvalue weighted by atomic mass is 16.2. The van der Waals surface area contributed by atoms with E-state index in [0.717, 1.165) is 18.4 Å². The van der Waals surface area contributed by atoms with Crippen molar-refractivity contribution in [3.05, 3.63) is 34.9 Å². The normalized spacial score (nSPS) is 13.4. The van der Waals surface area contributed by atoms with Crippen LogP contribution in [0.1, 0.15) is 84.6 Å². The molecule has 3 nitrogen and oxygen atoms in total. The van der Waals surface area contributed by atoms with E-state index in [9.17, 15) is 9.59 Å². The zero-order chi connectivity index (χ0) is 15.1. The Hall–Kier alpha value is -1.64. The van der Waals surface area contributed by atoms with Gasteiger partial charge in [-0.1, -0.05) is 57.9 Å². The lowest BCUT2D eigenvalue weighted by molar-refractivity contribution is 0.0879. The molecular weight excluding hydrogens is 262 g/mol. The Morgan fingerprint density at radius 1 is 0.810 bits per heavy atom. The highest BCUT2D eigenvalue weighted by molar-refractivity contribution is 6.21. The Balaban J connectivity index is 1.69. The average molecular weight is 287 g/mol. The van der Waals surface area contributed by atoms with E-state index in [1.807, 2.05) is 12.1 Å². The van der Waals surface area contributed by atoms with Crippen LogP contribution in [-0.2, 0) is 6.42 Å². The summed E-state index contributed by atoms with van der Waals surface area (Å²) in [6, 6.07) is 5.62. The van der Waals surface area contributed by atoms with Crippen LogP contribution in [0.5, 0.6) is 0 Å². The summed E-state index contributed by atoms with van der Waals surface area (Å²) in [5, 5.41) is 2.33. The van der Waals surface area contributed by atoms with Crippen molar-refractivity contribution in [1.29, 1.82) is 0 Å². The van der Waals surface area contributed by atoms with Gasteiger partial charge >= 0.3 is 0 Å². The number of imide groups is 1. The van der Waals surface area contributed by atoms with E-state index >= 15 is 0 Å². The SMILES string of the molecule is CCCCCCCCCCc1ccc2c(c1)C(=O)NC2=O. The molecular formula is C18H25NO2. The Morgan fingerprint density at radius 2 is 1.43 bits per heavy atom. The Kier molecular flexibility index (Phi) is 5.97. The number of hydrogen-bond acceptors (Lipinski definition) is 2. The molecule has 3 heteroatoms. The summed E-state index contributed by atoms with van der Waals surface area (Å²) in [7, 11) is 0. The van der Waals surface area contributed by atoms with Gasteiger partial charge in [-0.25, -0.2) is 0 Å². The third kappa shape index (κ3) is 4.42. The summed E-state index contributed by atoms with van der Waals surface area (Å²) in [6.07, 6.45) is 11.4. The highest BCUT2D eigenvalue weighted by Gasteiger charge is 2.26. The largest absolute Gasteiger partial charge is 0.288 e. The van der Waals surface area contributed by atoms with Gasteiger partial charge in [0.05, 0.1) is 11.1 Å². The number of carbonyl (C=O) groups is 2. The molecule has 1 aliphatic heterocycles. The van der Waals surface area contributed by atoms with Crippen molar-refractivity contribution >= 4 is 11.8 Å². The first kappa shape index (κ1) is 15.7. The van der Waals surface area contributed by atoms with Gasteiger partial charge in [0.1, 0.15) is 0 Å². The van der Waals surface area contributed by atoms with Gasteiger partial charge in [0.15, 0.2) is 0 Å². The third-order valence-electron chi connectivity index (χ3n) is 4.12. The second kappa shape index (κ2) is 7.96. The minimum absolute atomic E-state index is 0.257. The van der Waals surface area contributed by atoms with Crippen molar-refractivity contribution in [2.75, 3.05) is 0 Å². The third-order valence-corrected chi connectivity index (χ3v) is 4.12. The molecule has 2 amide bonds. The van der Waals surface area contributed by atoms with Crippen molar-refractivity contribution < 1.29 is 9.59 Å². The molecule has 0 atom stereocenters. The predicted octanol–water partition coefficient (Wildman–Crippen LogP) is 4.25. The summed E-state index contributed by atoms with van der Waals surface area (Å²) in [5.74, 6) is -0.526. The zero-order valence-corrected chi connectivity index (χ0v) is 12.9. The van der Waals surface area contributed by atoms with Crippen LogP contribution in [0.3, 0.4) is 0 Å². The fourth-order valence-corrected chi connectivity index (χ4v) is 2.83. The van der Waals surface area contributed by atoms with Gasteiger partial charge < -0.3 is 0 Å². The van der Waals surface area contributed by atoms with Crippen LogP contribution in [0.25, 0.3) is 0 Å². The molecule has 0 radical (unpaired) electrons. The topological polar surface area (TPSA) is 46.2 Å². The maximum Gasteiger partial charge on any atom is 0.258 e. The molecule has 0 unspecified atom stereocenters. The molecule has 1 N–H and O–H groups in total. The van der Waals surface area contributed by atoms with Crippen LogP contribution in [0.4, 0.5) is 0 Å². The average Bonchev–Trinajstić information content (AvgIpc) is 2.76. The number of benzene rings is 1. The molecule has 0 aliphatic carbocycles. The van der Waals surface area contributed by atoms with Crippen molar-refractivity contribution in [3.8, 4) is 0 Å². The van der Waals surface area contributed by atoms with Gasteiger partial charge in [-0.2, -0.15) is 0 Å². The zero-order valence-electron chi connectivity index (χ0n) is 12.9. The first-order chi connectivity index (χ1) is 10.2. The van der Waals surface area contributed by atoms with Crippen molar-refractivity contribution in [2.45, 2.75) is 64.7 Å². The molecule has 0 saturated heterocycles. The number of rotatable bonds is 9. The van der Waals surface area contributed by atoms with E-state index in [1.54, 1.807) is 6.07 Å². The van der Waals surface area contributed by atoms with E-state index in [2.05, 4.69) is 12.2 Å². The number of unbranched alkanes of at least 4 members (excludes halogenated alkanes) is 7. The number of hydrogen-bond donors (Lipinski definition) is 1. The Bertz CT molecular complexity index is 508. The first-order valence-electron chi connectivity index (χ1n) is 8.21. The summed E-state index contributed by atoms with van der Waals surface area (Å²) in [5.41, 5.74) is 2.21. The number of nitrogens with one attached hydrogen (secondary N) is 1. The summed E-state index contributed by atoms with van der Waals surface area (Å²) in [4.78, 5) is 23.1. The lowest BCUT2D eigenvalue weighted by Gasteiger charge is -2.04. The summed E-state index contributed by atoms with van der Waals surface area (Å²) in [6.45, 7) is 2.24. The van der Waals surface area contributed by atoms with Crippen LogP contribution in [0, 0.1) is 0 Å². The fraction of sp³-hybridized carbons (Fsp3) is 0.556. The molecule has 21 heavy (non-hydrogen) atoms. The van der Waals surface area contributed by atoms with Crippen molar-refractivity contribution in [3.63, 3.8) is 0 Å². The molecule has 1 aliphatic rings. The maximum absolute atomic E-state index is 11.6. The van der Waals surface area contributed by atoms with E-state index in [1.165, 1.54) is 44.9 Å². The van der Waals surface area contributed by atoms with Gasteiger partial charge in [0.25, 0.3) is 11.8 Å². The van der Waals surface area contributed by atoms with Crippen molar-refractivity contribution in [1.82, 2.24) is 5.32 Å². The smallest absolute Gasteiger partial charge is 0.258 e. The maximum atomic E-state index is 11.6. The molecule has 114 valence electrons. The van der Waals surface area contributed by atoms with Crippen LogP contribution in [-0.4, -0.2) is 11.8 Å². The second-order valence-corrected chi connectivity index (χ2v) is 5.89. The van der Waals surface area contributed by atoms with E-state index in [0.29, 0.717) is 11.1 Å². The van der Waals surface area contributed by atoms with Crippen LogP contribution >= 0.6 is 0 Å². The standard InChI is InChI=1S/C18H25NO2/c1-2-3-4-5-6-7-8-9-10-14-11-12-15-16(13-14)18(21)19-17(15)20/h11-13H,2-10H2,1H3,(H,19,20,21). The summed E-state index contributed by atoms with van der Waals surface area (Å²) < 4.78 is 0. The lowest BCUT2D eigenvalue weighted by atomic mass is 10.0. The van der Waals surface area contributed by atoms with E-state index < -0.39 is 0 Å². The predicted molar refractivity (Wildman–Crippen MR) is 84.6 cm³/mol. The molecule has 1 heterocycles. The number of carbonyl (C=O) groups excluding carboxylic acids is 2. The highest BCUT2D eigenvalue weighted by Crippen LogP contribution is 2.19. The Morgan fingerprint density at radius 3 is 2.14 bits per heavy atom. The quantitative estimate of drug-likeness (QED) is 0.545. The molecule has 2 rings (SSSR count). The monoisotopic (exact) mass is 287 g/mol. The molecule has 0 aromatic heterocycles. The van der Waals surface area contributed by atoms with Gasteiger partial charge in [-0.15, -0.1) is 0 Å². The number of fused-ring (bicyclic) bond motifs is 1. The number of aryl methyl sites for hydroxylation is 1. The molecule has 0 spiro atoms. The minimum Gasteiger partial charge on any atom is -0.288 e. The first-order valence-corrected chi connectivity index (χ1v) is 8.21. The molecule has 0 bridgehead atoms. The van der Waals surface area contributed by atoms with Gasteiger partial charge in [0.2, 0.25) is 0 Å². The molecule has 1 aromatic carbocycles. The van der Waals surface area contributed by atoms with Crippen molar-refractivity contribution in [2.24, 2.45) is 0 Å². The van der Waals surface area contributed by atoms with Gasteiger partial charge in [-0.3, -0.25) is 14.9 Å². The summed E-state index contributed by atoms with van der Waals surface area (Å²) >= 11 is 0. The molecule has 0 fully saturated rings. The molecule has 1 aromatic rings. The minimum atomic E-state index is -0.270. The van der Waals surface area contributed by atoms with Crippen LogP contribution < -0.4 is 5.32 Å². The van der Waals surface area contributed by atoms with Crippen LogP contribution in [0.15, 0.2) is 18.2 Å². The lowest BCUT2D eigenvalue weighted by Crippen LogP contribution is -2.19.